The number of furan rings is 1. The van der Waals surface area contributed by atoms with E-state index in [0.717, 1.165) is 23.0 Å². The van der Waals surface area contributed by atoms with E-state index in [4.69, 9.17) is 9.15 Å². The van der Waals surface area contributed by atoms with Crippen molar-refractivity contribution in [1.29, 1.82) is 0 Å². The Balaban J connectivity index is 2.53. The Labute approximate surface area is 79.6 Å². The molecule has 0 saturated heterocycles. The van der Waals surface area contributed by atoms with Crippen LogP contribution in [0.25, 0.3) is 17.0 Å². The van der Waals surface area contributed by atoms with Crippen molar-refractivity contribution in [1.82, 2.24) is 0 Å². The fraction of sp³-hybridized carbons (Fsp3) is 0. The van der Waals surface area contributed by atoms with Crippen LogP contribution in [-0.2, 0) is 0 Å². The van der Waals surface area contributed by atoms with Crippen molar-refractivity contribution < 1.29 is 13.9 Å². The number of carbonyl (C=O) groups excluding carboxylic acids is 1. The minimum atomic E-state index is 0.354. The Morgan fingerprint density at radius 1 is 1.29 bits per heavy atom. The van der Waals surface area contributed by atoms with Crippen LogP contribution in [0.4, 0.5) is 0 Å². The first kappa shape index (κ1) is 7.38. The van der Waals surface area contributed by atoms with E-state index >= 15 is 0 Å². The van der Waals surface area contributed by atoms with E-state index in [9.17, 15) is 4.79 Å². The number of benzene rings is 1. The maximum Gasteiger partial charge on any atom is 0.185 e. The van der Waals surface area contributed by atoms with E-state index in [-0.39, 0.29) is 0 Å². The Kier molecular flexibility index (Phi) is 1.31. The zero-order valence-electron chi connectivity index (χ0n) is 7.19. The molecule has 0 spiro atoms. The second-order valence-corrected chi connectivity index (χ2v) is 3.05. The lowest BCUT2D eigenvalue weighted by Gasteiger charge is -2.06. The normalized spacial score (nSPS) is 12.9. The van der Waals surface area contributed by atoms with Crippen LogP contribution in [0.15, 0.2) is 28.9 Å². The molecule has 3 heteroatoms. The molecule has 2 aromatic rings. The highest BCUT2D eigenvalue weighted by Crippen LogP contribution is 2.36. The van der Waals surface area contributed by atoms with E-state index in [0.29, 0.717) is 11.3 Å². The molecule has 3 nitrogen and oxygen atoms in total. The lowest BCUT2D eigenvalue weighted by atomic mass is 10.1. The number of carbonyl (C=O) groups is 1. The van der Waals surface area contributed by atoms with Gasteiger partial charge in [-0.15, -0.1) is 0 Å². The summed E-state index contributed by atoms with van der Waals surface area (Å²) in [6.45, 7) is 0. The van der Waals surface area contributed by atoms with Crippen LogP contribution < -0.4 is 4.74 Å². The summed E-state index contributed by atoms with van der Waals surface area (Å²) in [4.78, 5) is 10.7. The van der Waals surface area contributed by atoms with Crippen molar-refractivity contribution in [3.63, 3.8) is 0 Å². The Hall–Kier alpha value is -2.03. The molecule has 1 aliphatic rings. The maximum atomic E-state index is 10.7. The highest BCUT2D eigenvalue weighted by Gasteiger charge is 2.17. The third kappa shape index (κ3) is 0.785. The highest BCUT2D eigenvalue weighted by atomic mass is 16.5. The molecule has 14 heavy (non-hydrogen) atoms. The van der Waals surface area contributed by atoms with Crippen LogP contribution in [0.3, 0.4) is 0 Å². The Morgan fingerprint density at radius 2 is 2.21 bits per heavy atom. The third-order valence-electron chi connectivity index (χ3n) is 2.28. The fourth-order valence-corrected chi connectivity index (χ4v) is 1.68. The number of hydrogen-bond donors (Lipinski definition) is 0. The molecule has 2 heterocycles. The molecule has 0 radical (unpaired) electrons. The van der Waals surface area contributed by atoms with E-state index < -0.39 is 0 Å². The van der Waals surface area contributed by atoms with Crippen LogP contribution in [0.1, 0.15) is 16.1 Å². The first-order chi connectivity index (χ1) is 6.90. The molecular weight excluding hydrogens is 180 g/mol. The van der Waals surface area contributed by atoms with Gasteiger partial charge in [0.1, 0.15) is 11.3 Å². The molecule has 0 atom stereocenters. The molecule has 1 aromatic carbocycles. The van der Waals surface area contributed by atoms with Gasteiger partial charge in [-0.25, -0.2) is 0 Å². The zero-order chi connectivity index (χ0) is 9.54. The van der Waals surface area contributed by atoms with Gasteiger partial charge in [0, 0.05) is 5.56 Å². The summed E-state index contributed by atoms with van der Waals surface area (Å²) in [7, 11) is 0. The molecule has 1 aliphatic heterocycles. The first-order valence-corrected chi connectivity index (χ1v) is 4.24. The van der Waals surface area contributed by atoms with Gasteiger partial charge >= 0.3 is 0 Å². The second-order valence-electron chi connectivity index (χ2n) is 3.05. The first-order valence-electron chi connectivity index (χ1n) is 4.24. The number of aldehydes is 1. The van der Waals surface area contributed by atoms with Crippen LogP contribution >= 0.6 is 0 Å². The van der Waals surface area contributed by atoms with Crippen molar-refractivity contribution in [3.8, 4) is 5.75 Å². The predicted molar refractivity (Wildman–Crippen MR) is 51.3 cm³/mol. The van der Waals surface area contributed by atoms with Gasteiger partial charge in [-0.2, -0.15) is 0 Å². The van der Waals surface area contributed by atoms with Gasteiger partial charge in [0.2, 0.25) is 0 Å². The molecule has 0 aliphatic carbocycles. The van der Waals surface area contributed by atoms with Crippen molar-refractivity contribution >= 4 is 23.3 Å². The number of hydrogen-bond acceptors (Lipinski definition) is 3. The van der Waals surface area contributed by atoms with Gasteiger partial charge in [-0.1, -0.05) is 6.07 Å². The molecule has 0 unspecified atom stereocenters. The summed E-state index contributed by atoms with van der Waals surface area (Å²) in [5.74, 6) is 1.09. The van der Waals surface area contributed by atoms with Gasteiger partial charge in [-0.3, -0.25) is 4.79 Å². The topological polar surface area (TPSA) is 39.4 Å². The minimum absolute atomic E-state index is 0.354. The maximum absolute atomic E-state index is 10.7. The van der Waals surface area contributed by atoms with E-state index in [1.54, 1.807) is 12.3 Å². The van der Waals surface area contributed by atoms with Crippen LogP contribution in [0, 0.1) is 0 Å². The smallest absolute Gasteiger partial charge is 0.185 e. The van der Waals surface area contributed by atoms with Gasteiger partial charge in [0.25, 0.3) is 0 Å². The average molecular weight is 186 g/mol. The standard InChI is InChI=1S/C11H6O3/c12-6-10-7-4-5-13-8-2-1-3-9(14-10)11(7)8/h1-6H. The van der Waals surface area contributed by atoms with Gasteiger partial charge in [0.15, 0.2) is 12.0 Å². The molecular formula is C11H6O3. The molecule has 3 rings (SSSR count). The molecule has 0 N–H and O–H groups in total. The van der Waals surface area contributed by atoms with Crippen LogP contribution in [-0.4, -0.2) is 6.29 Å². The summed E-state index contributed by atoms with van der Waals surface area (Å²) in [6, 6.07) is 5.50. The van der Waals surface area contributed by atoms with Crippen molar-refractivity contribution in [2.45, 2.75) is 0 Å². The number of ether oxygens (including phenoxy) is 1. The molecule has 1 aromatic heterocycles. The molecule has 0 amide bonds. The fourth-order valence-electron chi connectivity index (χ4n) is 1.68. The Morgan fingerprint density at radius 3 is 3.07 bits per heavy atom. The van der Waals surface area contributed by atoms with Gasteiger partial charge < -0.3 is 9.15 Å². The van der Waals surface area contributed by atoms with E-state index in [1.807, 2.05) is 18.2 Å². The van der Waals surface area contributed by atoms with Crippen molar-refractivity contribution in [2.24, 2.45) is 0 Å². The van der Waals surface area contributed by atoms with Crippen LogP contribution in [0.2, 0.25) is 0 Å². The van der Waals surface area contributed by atoms with Gasteiger partial charge in [-0.05, 0) is 18.2 Å². The lowest BCUT2D eigenvalue weighted by Crippen LogP contribution is -1.90. The van der Waals surface area contributed by atoms with Crippen molar-refractivity contribution in [2.75, 3.05) is 0 Å². The minimum Gasteiger partial charge on any atom is -0.464 e. The summed E-state index contributed by atoms with van der Waals surface area (Å²) in [6.07, 6.45) is 4.01. The van der Waals surface area contributed by atoms with Crippen molar-refractivity contribution in [3.05, 3.63) is 35.8 Å². The number of rotatable bonds is 1. The molecule has 68 valence electrons. The second kappa shape index (κ2) is 2.48. The predicted octanol–water partition coefficient (Wildman–Crippen LogP) is 2.61. The monoisotopic (exact) mass is 186 g/mol. The summed E-state index contributed by atoms with van der Waals surface area (Å²) < 4.78 is 10.7. The quantitative estimate of drug-likeness (QED) is 0.642. The highest BCUT2D eigenvalue weighted by molar-refractivity contribution is 5.99. The Bertz CT molecular complexity index is 549. The summed E-state index contributed by atoms with van der Waals surface area (Å²) in [5, 5.41) is 0.872. The largest absolute Gasteiger partial charge is 0.464 e. The average Bonchev–Trinajstić information content (AvgIpc) is 2.60. The summed E-state index contributed by atoms with van der Waals surface area (Å²) >= 11 is 0. The van der Waals surface area contributed by atoms with Gasteiger partial charge in [0.05, 0.1) is 11.6 Å². The van der Waals surface area contributed by atoms with E-state index in [2.05, 4.69) is 0 Å². The lowest BCUT2D eigenvalue weighted by molar-refractivity contribution is 0.110. The third-order valence-corrected chi connectivity index (χ3v) is 2.28. The molecule has 0 bridgehead atoms. The zero-order valence-corrected chi connectivity index (χ0v) is 7.19. The SMILES string of the molecule is O=Cc1oc2cccc3c2c1C=CO3. The molecule has 0 saturated carbocycles. The summed E-state index contributed by atoms with van der Waals surface area (Å²) in [5.41, 5.74) is 1.49. The van der Waals surface area contributed by atoms with E-state index in [1.165, 1.54) is 0 Å². The molecule has 0 fully saturated rings. The van der Waals surface area contributed by atoms with Crippen LogP contribution in [0.5, 0.6) is 5.75 Å².